The van der Waals surface area contributed by atoms with Crippen LogP contribution in [0.4, 0.5) is 5.82 Å². The van der Waals surface area contributed by atoms with Crippen LogP contribution in [0.3, 0.4) is 0 Å². The van der Waals surface area contributed by atoms with Gasteiger partial charge in [-0.2, -0.15) is 10.2 Å². The number of benzene rings is 2. The molecular formula is C29H32N8O2. The Balaban J connectivity index is 1.29. The van der Waals surface area contributed by atoms with Gasteiger partial charge in [-0.05, 0) is 23.3 Å². The number of carbonyl (C=O) groups is 1. The van der Waals surface area contributed by atoms with Gasteiger partial charge in [0.05, 0.1) is 31.3 Å². The van der Waals surface area contributed by atoms with Crippen LogP contribution in [-0.4, -0.2) is 86.5 Å². The predicted molar refractivity (Wildman–Crippen MR) is 150 cm³/mol. The maximum absolute atomic E-state index is 12.2. The fourth-order valence-corrected chi connectivity index (χ4v) is 5.20. The summed E-state index contributed by atoms with van der Waals surface area (Å²) in [6.07, 6.45) is 4.12. The fourth-order valence-electron chi connectivity index (χ4n) is 5.20. The van der Waals surface area contributed by atoms with Crippen molar-refractivity contribution in [1.82, 2.24) is 34.2 Å². The first-order chi connectivity index (χ1) is 18.9. The molecule has 200 valence electrons. The maximum Gasteiger partial charge on any atom is 0.236 e. The lowest BCUT2D eigenvalue weighted by molar-refractivity contribution is -0.131. The van der Waals surface area contributed by atoms with Gasteiger partial charge in [-0.25, -0.2) is 9.50 Å². The van der Waals surface area contributed by atoms with Gasteiger partial charge >= 0.3 is 0 Å². The number of morpholine rings is 1. The Kier molecular flexibility index (Phi) is 6.72. The molecule has 39 heavy (non-hydrogen) atoms. The first-order valence-corrected chi connectivity index (χ1v) is 13.1. The van der Waals surface area contributed by atoms with Gasteiger partial charge in [0.2, 0.25) is 5.91 Å². The highest BCUT2D eigenvalue weighted by molar-refractivity contribution is 5.92. The molecule has 1 amide bonds. The molecule has 1 atom stereocenters. The molecule has 0 spiro atoms. The molecule has 2 aromatic carbocycles. The third-order valence-electron chi connectivity index (χ3n) is 7.23. The number of likely N-dealkylation sites (N-methyl/N-ethyl adjacent to an activating group) is 1. The van der Waals surface area contributed by atoms with Crippen molar-refractivity contribution in [2.45, 2.75) is 19.1 Å². The average Bonchev–Trinajstić information content (AvgIpc) is 3.50. The van der Waals surface area contributed by atoms with Crippen molar-refractivity contribution >= 4 is 28.1 Å². The number of nitrogens with two attached hydrogens (primary N) is 1. The monoisotopic (exact) mass is 524 g/mol. The zero-order valence-corrected chi connectivity index (χ0v) is 22.2. The summed E-state index contributed by atoms with van der Waals surface area (Å²) >= 11 is 0. The summed E-state index contributed by atoms with van der Waals surface area (Å²) in [6, 6.07) is 18.7. The largest absolute Gasteiger partial charge is 0.382 e. The van der Waals surface area contributed by atoms with Crippen molar-refractivity contribution in [3.05, 3.63) is 78.4 Å². The summed E-state index contributed by atoms with van der Waals surface area (Å²) in [5.41, 5.74) is 12.2. The first kappa shape index (κ1) is 25.0. The number of carbonyl (C=O) groups excluding carboxylic acids is 1. The number of hydrogen-bond acceptors (Lipinski definition) is 7. The van der Waals surface area contributed by atoms with E-state index in [9.17, 15) is 4.79 Å². The zero-order chi connectivity index (χ0) is 26.9. The van der Waals surface area contributed by atoms with Gasteiger partial charge in [0, 0.05) is 56.4 Å². The van der Waals surface area contributed by atoms with Crippen molar-refractivity contribution in [3.63, 3.8) is 0 Å². The zero-order valence-electron chi connectivity index (χ0n) is 22.2. The van der Waals surface area contributed by atoms with E-state index < -0.39 is 0 Å². The molecule has 5 aromatic rings. The predicted octanol–water partition coefficient (Wildman–Crippen LogP) is 2.71. The van der Waals surface area contributed by atoms with Crippen molar-refractivity contribution in [1.29, 1.82) is 0 Å². The summed E-state index contributed by atoms with van der Waals surface area (Å²) in [4.78, 5) is 20.3. The fraction of sp³-hybridized carbons (Fsp3) is 0.310. The van der Waals surface area contributed by atoms with Crippen molar-refractivity contribution in [2.24, 2.45) is 0 Å². The number of fused-ring (bicyclic) bond motifs is 2. The van der Waals surface area contributed by atoms with E-state index in [1.807, 2.05) is 27.4 Å². The highest BCUT2D eigenvalue weighted by atomic mass is 16.5. The summed E-state index contributed by atoms with van der Waals surface area (Å²) in [5, 5.41) is 10.4. The summed E-state index contributed by atoms with van der Waals surface area (Å²) in [7, 11) is 3.56. The number of nitrogens with zero attached hydrogens (tertiary/aromatic N) is 7. The van der Waals surface area contributed by atoms with Crippen molar-refractivity contribution < 1.29 is 9.53 Å². The van der Waals surface area contributed by atoms with Crippen molar-refractivity contribution in [2.75, 3.05) is 46.1 Å². The van der Waals surface area contributed by atoms with Crippen LogP contribution >= 0.6 is 0 Å². The van der Waals surface area contributed by atoms with Crippen LogP contribution in [0.15, 0.2) is 67.1 Å². The average molecular weight is 525 g/mol. The highest BCUT2D eigenvalue weighted by Gasteiger charge is 2.25. The number of aromatic nitrogens is 5. The van der Waals surface area contributed by atoms with Crippen LogP contribution in [-0.2, 0) is 22.5 Å². The number of nitrogen functional groups attached to an aromatic ring is 1. The third-order valence-corrected chi connectivity index (χ3v) is 7.23. The molecule has 0 radical (unpaired) electrons. The normalized spacial score (nSPS) is 16.2. The SMILES string of the molecule is CN(C)C(=O)CN1CCOC(Cc2cc(-c3ccc4cn(Cc5ccccc5)nc4c3)c3c(N)ncnn23)C1. The lowest BCUT2D eigenvalue weighted by atomic mass is 10.0. The molecule has 4 heterocycles. The minimum atomic E-state index is -0.0629. The second-order valence-electron chi connectivity index (χ2n) is 10.3. The maximum atomic E-state index is 12.2. The van der Waals surface area contributed by atoms with Crippen LogP contribution in [0.2, 0.25) is 0 Å². The second-order valence-corrected chi connectivity index (χ2v) is 10.3. The molecule has 1 unspecified atom stereocenters. The second kappa shape index (κ2) is 10.5. The molecule has 0 saturated carbocycles. The van der Waals surface area contributed by atoms with Gasteiger partial charge in [-0.15, -0.1) is 0 Å². The Labute approximate surface area is 226 Å². The molecular weight excluding hydrogens is 492 g/mol. The van der Waals surface area contributed by atoms with Gasteiger partial charge in [0.25, 0.3) is 0 Å². The molecule has 6 rings (SSSR count). The molecule has 1 saturated heterocycles. The van der Waals surface area contributed by atoms with E-state index in [1.54, 1.807) is 19.0 Å². The number of rotatable bonds is 7. The summed E-state index contributed by atoms with van der Waals surface area (Å²) in [6.45, 7) is 3.10. The highest BCUT2D eigenvalue weighted by Crippen LogP contribution is 2.33. The van der Waals surface area contributed by atoms with E-state index in [1.165, 1.54) is 11.9 Å². The molecule has 10 nitrogen and oxygen atoms in total. The summed E-state index contributed by atoms with van der Waals surface area (Å²) < 4.78 is 9.92. The minimum absolute atomic E-state index is 0.0629. The Morgan fingerprint density at radius 2 is 2.00 bits per heavy atom. The van der Waals surface area contributed by atoms with Crippen LogP contribution in [0, 0.1) is 0 Å². The van der Waals surface area contributed by atoms with E-state index in [0.29, 0.717) is 38.5 Å². The van der Waals surface area contributed by atoms with Gasteiger partial charge in [0.1, 0.15) is 11.8 Å². The molecule has 2 N–H and O–H groups in total. The Morgan fingerprint density at radius 3 is 2.82 bits per heavy atom. The third kappa shape index (κ3) is 5.21. The van der Waals surface area contributed by atoms with E-state index in [-0.39, 0.29) is 12.0 Å². The molecule has 1 aliphatic rings. The lowest BCUT2D eigenvalue weighted by Crippen LogP contribution is -2.47. The molecule has 1 fully saturated rings. The van der Waals surface area contributed by atoms with Gasteiger partial charge in [-0.1, -0.05) is 42.5 Å². The molecule has 0 aliphatic carbocycles. The number of amides is 1. The van der Waals surface area contributed by atoms with Crippen LogP contribution in [0.5, 0.6) is 0 Å². The van der Waals surface area contributed by atoms with Crippen molar-refractivity contribution in [3.8, 4) is 11.1 Å². The Morgan fingerprint density at radius 1 is 1.15 bits per heavy atom. The Hall–Kier alpha value is -4.28. The van der Waals surface area contributed by atoms with Crippen LogP contribution < -0.4 is 5.73 Å². The number of anilines is 1. The van der Waals surface area contributed by atoms with E-state index in [4.69, 9.17) is 15.6 Å². The molecule has 0 bridgehead atoms. The molecule has 3 aromatic heterocycles. The quantitative estimate of drug-likeness (QED) is 0.349. The van der Waals surface area contributed by atoms with Crippen LogP contribution in [0.25, 0.3) is 27.5 Å². The Bertz CT molecular complexity index is 1620. The molecule has 1 aliphatic heterocycles. The summed E-state index contributed by atoms with van der Waals surface area (Å²) in [5.74, 6) is 0.511. The smallest absolute Gasteiger partial charge is 0.236 e. The molecule has 10 heteroatoms. The van der Waals surface area contributed by atoms with E-state index in [2.05, 4.69) is 57.6 Å². The van der Waals surface area contributed by atoms with E-state index >= 15 is 0 Å². The van der Waals surface area contributed by atoms with Crippen LogP contribution in [0.1, 0.15) is 11.3 Å². The number of hydrogen-bond donors (Lipinski definition) is 1. The minimum Gasteiger partial charge on any atom is -0.382 e. The topological polar surface area (TPSA) is 107 Å². The first-order valence-electron chi connectivity index (χ1n) is 13.1. The van der Waals surface area contributed by atoms with Gasteiger partial charge in [-0.3, -0.25) is 14.4 Å². The van der Waals surface area contributed by atoms with Gasteiger partial charge < -0.3 is 15.4 Å². The standard InChI is InChI=1S/C29H32N8O2/c1-34(2)27(38)18-35-10-11-39-24(17-35)13-23-14-25(28-29(30)31-19-32-37(23)28)21-8-9-22-16-36(33-26(22)12-21)15-20-6-4-3-5-7-20/h3-9,12,14,16,19,24H,10-11,13,15,17-18H2,1-2H3,(H2,30,31,32). The van der Waals surface area contributed by atoms with Gasteiger partial charge in [0.15, 0.2) is 5.82 Å². The number of ether oxygens (including phenoxy) is 1. The van der Waals surface area contributed by atoms with E-state index in [0.717, 1.165) is 39.8 Å². The lowest BCUT2D eigenvalue weighted by Gasteiger charge is -2.33.